The van der Waals surface area contributed by atoms with Gasteiger partial charge in [0.05, 0.1) is 19.1 Å². The van der Waals surface area contributed by atoms with Gasteiger partial charge >= 0.3 is 6.18 Å². The Morgan fingerprint density at radius 3 is 2.82 bits per heavy atom. The molecule has 4 nitrogen and oxygen atoms in total. The summed E-state index contributed by atoms with van der Waals surface area (Å²) in [6.45, 7) is 2.87. The molecule has 0 aliphatic carbocycles. The second-order valence-corrected chi connectivity index (χ2v) is 4.99. The van der Waals surface area contributed by atoms with E-state index in [1.54, 1.807) is 13.0 Å². The number of nitrogens with one attached hydrogen (secondary N) is 2. The summed E-state index contributed by atoms with van der Waals surface area (Å²) in [5.41, 5.74) is 0.461. The molecule has 22 heavy (non-hydrogen) atoms. The number of benzene rings is 1. The maximum absolute atomic E-state index is 12.4. The Hall–Kier alpha value is -1.31. The van der Waals surface area contributed by atoms with Gasteiger partial charge in [-0.1, -0.05) is 12.1 Å². The number of amides is 1. The van der Waals surface area contributed by atoms with E-state index in [0.717, 1.165) is 0 Å². The summed E-state index contributed by atoms with van der Waals surface area (Å²) in [6.07, 6.45) is -5.56. The molecule has 1 heterocycles. The van der Waals surface area contributed by atoms with E-state index in [9.17, 15) is 18.0 Å². The highest BCUT2D eigenvalue weighted by atomic mass is 35.5. The third kappa shape index (κ3) is 5.47. The van der Waals surface area contributed by atoms with Crippen molar-refractivity contribution < 1.29 is 22.7 Å². The monoisotopic (exact) mass is 338 g/mol. The summed E-state index contributed by atoms with van der Waals surface area (Å²) < 4.78 is 42.5. The Balaban J connectivity index is 0.00000242. The predicted molar refractivity (Wildman–Crippen MR) is 79.3 cm³/mol. The third-order valence-electron chi connectivity index (χ3n) is 3.20. The number of hydrogen-bond donors (Lipinski definition) is 2. The molecule has 0 aromatic heterocycles. The Labute approximate surface area is 132 Å². The molecule has 0 unspecified atom stereocenters. The summed E-state index contributed by atoms with van der Waals surface area (Å²) in [5.74, 6) is -0.314. The molecule has 1 fully saturated rings. The van der Waals surface area contributed by atoms with Crippen molar-refractivity contribution in [3.8, 4) is 0 Å². The maximum atomic E-state index is 12.4. The predicted octanol–water partition coefficient (Wildman–Crippen LogP) is 2.53. The van der Waals surface area contributed by atoms with Crippen LogP contribution in [0.4, 0.5) is 18.9 Å². The van der Waals surface area contributed by atoms with Crippen LogP contribution in [0.5, 0.6) is 0 Å². The maximum Gasteiger partial charge on any atom is 0.393 e. The molecule has 1 saturated heterocycles. The van der Waals surface area contributed by atoms with Crippen LogP contribution in [0.15, 0.2) is 24.3 Å². The zero-order valence-corrected chi connectivity index (χ0v) is 12.8. The standard InChI is InChI=1S/C14H17F3N2O2.ClH/c1-9-12(18-5-6-21-9)13(20)19-11-4-2-3-10(7-11)8-14(15,16)17;/h2-4,7,9,12,18H,5-6,8H2,1H3,(H,19,20);1H/t9-,12+;/m1./s1. The summed E-state index contributed by atoms with van der Waals surface area (Å²) in [6, 6.07) is 5.26. The molecule has 1 aromatic carbocycles. The fourth-order valence-electron chi connectivity index (χ4n) is 2.24. The van der Waals surface area contributed by atoms with Gasteiger partial charge in [-0.05, 0) is 24.6 Å². The average Bonchev–Trinajstić information content (AvgIpc) is 2.37. The van der Waals surface area contributed by atoms with Crippen LogP contribution in [0.25, 0.3) is 0 Å². The van der Waals surface area contributed by atoms with Crippen LogP contribution in [-0.4, -0.2) is 37.4 Å². The molecule has 1 aliphatic heterocycles. The van der Waals surface area contributed by atoms with Gasteiger partial charge in [-0.3, -0.25) is 4.79 Å². The number of rotatable bonds is 3. The minimum atomic E-state index is -4.27. The van der Waals surface area contributed by atoms with E-state index in [1.807, 2.05) is 0 Å². The first kappa shape index (κ1) is 18.7. The van der Waals surface area contributed by atoms with Gasteiger partial charge in [0.25, 0.3) is 0 Å². The smallest absolute Gasteiger partial charge is 0.375 e. The van der Waals surface area contributed by atoms with Crippen LogP contribution in [0, 0.1) is 0 Å². The Morgan fingerprint density at radius 1 is 1.45 bits per heavy atom. The van der Waals surface area contributed by atoms with E-state index >= 15 is 0 Å². The van der Waals surface area contributed by atoms with Crippen molar-refractivity contribution in [3.63, 3.8) is 0 Å². The number of ether oxygens (including phenoxy) is 1. The molecule has 0 saturated carbocycles. The van der Waals surface area contributed by atoms with Crippen LogP contribution < -0.4 is 10.6 Å². The lowest BCUT2D eigenvalue weighted by molar-refractivity contribution is -0.127. The first-order chi connectivity index (χ1) is 9.85. The van der Waals surface area contributed by atoms with Crippen molar-refractivity contribution in [2.24, 2.45) is 0 Å². The number of halogens is 4. The van der Waals surface area contributed by atoms with Gasteiger partial charge in [0.1, 0.15) is 6.04 Å². The summed E-state index contributed by atoms with van der Waals surface area (Å²) >= 11 is 0. The summed E-state index contributed by atoms with van der Waals surface area (Å²) in [7, 11) is 0. The van der Waals surface area contributed by atoms with Crippen molar-refractivity contribution in [3.05, 3.63) is 29.8 Å². The van der Waals surface area contributed by atoms with Gasteiger partial charge < -0.3 is 15.4 Å². The van der Waals surface area contributed by atoms with Crippen molar-refractivity contribution in [2.45, 2.75) is 31.7 Å². The molecular weight excluding hydrogens is 321 g/mol. The SMILES string of the molecule is C[C@H]1OCCN[C@@H]1C(=O)Nc1cccc(CC(F)(F)F)c1.Cl. The number of carbonyl (C=O) groups excluding carboxylic acids is 1. The lowest BCUT2D eigenvalue weighted by Crippen LogP contribution is -2.53. The molecule has 0 radical (unpaired) electrons. The molecule has 8 heteroatoms. The number of hydrogen-bond acceptors (Lipinski definition) is 3. The quantitative estimate of drug-likeness (QED) is 0.890. The second-order valence-electron chi connectivity index (χ2n) is 4.99. The Morgan fingerprint density at radius 2 is 2.18 bits per heavy atom. The fraction of sp³-hybridized carbons (Fsp3) is 0.500. The van der Waals surface area contributed by atoms with Gasteiger partial charge in [-0.25, -0.2) is 0 Å². The molecule has 1 aliphatic rings. The van der Waals surface area contributed by atoms with Gasteiger partial charge in [-0.2, -0.15) is 13.2 Å². The minimum Gasteiger partial charge on any atom is -0.375 e. The van der Waals surface area contributed by atoms with Crippen molar-refractivity contribution >= 4 is 24.0 Å². The molecular formula is C14H18ClF3N2O2. The summed E-state index contributed by atoms with van der Waals surface area (Å²) in [4.78, 5) is 12.1. The normalized spacial score (nSPS) is 21.8. The van der Waals surface area contributed by atoms with Gasteiger partial charge in [0.15, 0.2) is 0 Å². The lowest BCUT2D eigenvalue weighted by atomic mass is 10.1. The highest BCUT2D eigenvalue weighted by molar-refractivity contribution is 5.95. The molecule has 1 aromatic rings. The largest absolute Gasteiger partial charge is 0.393 e. The number of morpholine rings is 1. The van der Waals surface area contributed by atoms with E-state index < -0.39 is 18.6 Å². The van der Waals surface area contributed by atoms with E-state index in [-0.39, 0.29) is 30.0 Å². The van der Waals surface area contributed by atoms with E-state index in [4.69, 9.17) is 4.74 Å². The number of carbonyl (C=O) groups is 1. The molecule has 0 spiro atoms. The number of anilines is 1. The second kappa shape index (κ2) is 7.80. The van der Waals surface area contributed by atoms with Crippen LogP contribution in [0.1, 0.15) is 12.5 Å². The zero-order chi connectivity index (χ0) is 15.5. The summed E-state index contributed by atoms with van der Waals surface area (Å²) in [5, 5.41) is 5.64. The van der Waals surface area contributed by atoms with Gasteiger partial charge in [0.2, 0.25) is 5.91 Å². The molecule has 2 N–H and O–H groups in total. The third-order valence-corrected chi connectivity index (χ3v) is 3.20. The fourth-order valence-corrected chi connectivity index (χ4v) is 2.24. The van der Waals surface area contributed by atoms with Crippen LogP contribution in [-0.2, 0) is 16.0 Å². The highest BCUT2D eigenvalue weighted by Gasteiger charge is 2.29. The van der Waals surface area contributed by atoms with Crippen LogP contribution >= 0.6 is 12.4 Å². The van der Waals surface area contributed by atoms with Crippen molar-refractivity contribution in [1.29, 1.82) is 0 Å². The van der Waals surface area contributed by atoms with Crippen molar-refractivity contribution in [1.82, 2.24) is 5.32 Å². The van der Waals surface area contributed by atoms with E-state index in [2.05, 4.69) is 10.6 Å². The lowest BCUT2D eigenvalue weighted by Gasteiger charge is -2.29. The average molecular weight is 339 g/mol. The minimum absolute atomic E-state index is 0. The topological polar surface area (TPSA) is 50.4 Å². The molecule has 124 valence electrons. The zero-order valence-electron chi connectivity index (χ0n) is 11.9. The Bertz CT molecular complexity index is 511. The first-order valence-electron chi connectivity index (χ1n) is 6.67. The molecule has 1 amide bonds. The van der Waals surface area contributed by atoms with Crippen LogP contribution in [0.3, 0.4) is 0 Å². The molecule has 2 atom stereocenters. The van der Waals surface area contributed by atoms with Gasteiger partial charge in [-0.15, -0.1) is 12.4 Å². The van der Waals surface area contributed by atoms with E-state index in [1.165, 1.54) is 18.2 Å². The van der Waals surface area contributed by atoms with Crippen LogP contribution in [0.2, 0.25) is 0 Å². The van der Waals surface area contributed by atoms with Crippen molar-refractivity contribution in [2.75, 3.05) is 18.5 Å². The van der Waals surface area contributed by atoms with Gasteiger partial charge in [0, 0.05) is 12.2 Å². The number of alkyl halides is 3. The molecule has 2 rings (SSSR count). The van der Waals surface area contributed by atoms with E-state index in [0.29, 0.717) is 18.8 Å². The highest BCUT2D eigenvalue weighted by Crippen LogP contribution is 2.23. The first-order valence-corrected chi connectivity index (χ1v) is 6.67. The molecule has 0 bridgehead atoms. The Kier molecular flexibility index (Phi) is 6.65.